The van der Waals surface area contributed by atoms with E-state index in [0.29, 0.717) is 15.6 Å². The molecule has 0 aliphatic heterocycles. The second-order valence-corrected chi connectivity index (χ2v) is 5.56. The molecule has 0 saturated heterocycles. The van der Waals surface area contributed by atoms with Crippen molar-refractivity contribution in [1.82, 2.24) is 4.98 Å². The van der Waals surface area contributed by atoms with Gasteiger partial charge in [0.05, 0.1) is 4.47 Å². The van der Waals surface area contributed by atoms with Crippen LogP contribution in [0.2, 0.25) is 0 Å². The molecule has 1 heterocycles. The average Bonchev–Trinajstić information content (AvgIpc) is 2.84. The van der Waals surface area contributed by atoms with Gasteiger partial charge in [-0.1, -0.05) is 11.6 Å². The molecular formula is C16H11BrFNO. The minimum atomic E-state index is -0.438. The van der Waals surface area contributed by atoms with Crippen molar-refractivity contribution in [3.05, 3.63) is 69.6 Å². The van der Waals surface area contributed by atoms with Crippen LogP contribution in [0.15, 0.2) is 47.1 Å². The summed E-state index contributed by atoms with van der Waals surface area (Å²) in [5.74, 6) is -0.625. The third kappa shape index (κ3) is 2.16. The minimum absolute atomic E-state index is 0.187. The number of aryl methyl sites for hydroxylation is 1. The summed E-state index contributed by atoms with van der Waals surface area (Å²) in [5, 5.41) is 0.860. The Morgan fingerprint density at radius 1 is 1.20 bits per heavy atom. The van der Waals surface area contributed by atoms with Gasteiger partial charge in [-0.05, 0) is 53.2 Å². The van der Waals surface area contributed by atoms with Crippen molar-refractivity contribution >= 4 is 32.6 Å². The molecule has 0 fully saturated rings. The Kier molecular flexibility index (Phi) is 3.18. The first kappa shape index (κ1) is 13.1. The van der Waals surface area contributed by atoms with Gasteiger partial charge < -0.3 is 4.98 Å². The zero-order valence-corrected chi connectivity index (χ0v) is 12.3. The van der Waals surface area contributed by atoms with Gasteiger partial charge in [-0.25, -0.2) is 4.39 Å². The first-order valence-electron chi connectivity index (χ1n) is 6.14. The number of carbonyl (C=O) groups excluding carboxylic acids is 1. The molecular weight excluding hydrogens is 321 g/mol. The number of nitrogens with one attached hydrogen (secondary N) is 1. The molecule has 3 rings (SSSR count). The predicted octanol–water partition coefficient (Wildman–Crippen LogP) is 4.61. The first-order chi connectivity index (χ1) is 9.56. The highest BCUT2D eigenvalue weighted by Crippen LogP contribution is 2.24. The number of carbonyl (C=O) groups is 1. The molecule has 0 aliphatic rings. The maximum Gasteiger partial charge on any atom is 0.195 e. The lowest BCUT2D eigenvalue weighted by Crippen LogP contribution is -2.01. The third-order valence-electron chi connectivity index (χ3n) is 3.26. The Hall–Kier alpha value is -1.94. The third-order valence-corrected chi connectivity index (χ3v) is 3.91. The summed E-state index contributed by atoms with van der Waals surface area (Å²) < 4.78 is 13.9. The van der Waals surface area contributed by atoms with E-state index in [1.54, 1.807) is 18.3 Å². The molecule has 1 N–H and O–H groups in total. The highest BCUT2D eigenvalue weighted by molar-refractivity contribution is 9.10. The van der Waals surface area contributed by atoms with E-state index in [9.17, 15) is 9.18 Å². The summed E-state index contributed by atoms with van der Waals surface area (Å²) >= 11 is 3.08. The average molecular weight is 332 g/mol. The number of aromatic nitrogens is 1. The molecule has 4 heteroatoms. The smallest absolute Gasteiger partial charge is 0.195 e. The fourth-order valence-electron chi connectivity index (χ4n) is 2.22. The number of halogens is 2. The van der Waals surface area contributed by atoms with Gasteiger partial charge in [-0.2, -0.15) is 0 Å². The van der Waals surface area contributed by atoms with Crippen molar-refractivity contribution in [2.75, 3.05) is 0 Å². The Morgan fingerprint density at radius 2 is 2.00 bits per heavy atom. The molecule has 0 bridgehead atoms. The zero-order chi connectivity index (χ0) is 14.3. The number of hydrogen-bond acceptors (Lipinski definition) is 1. The predicted molar refractivity (Wildman–Crippen MR) is 80.6 cm³/mol. The van der Waals surface area contributed by atoms with Crippen LogP contribution in [0.3, 0.4) is 0 Å². The molecule has 0 atom stereocenters. The van der Waals surface area contributed by atoms with Crippen LogP contribution in [0.1, 0.15) is 21.5 Å². The summed E-state index contributed by atoms with van der Waals surface area (Å²) in [7, 11) is 0. The number of ketones is 1. The van der Waals surface area contributed by atoms with Crippen LogP contribution in [0.4, 0.5) is 4.39 Å². The molecule has 0 saturated carbocycles. The fourth-order valence-corrected chi connectivity index (χ4v) is 2.46. The van der Waals surface area contributed by atoms with Crippen LogP contribution in [0.25, 0.3) is 10.9 Å². The number of fused-ring (bicyclic) bond motifs is 1. The Morgan fingerprint density at radius 3 is 2.75 bits per heavy atom. The zero-order valence-electron chi connectivity index (χ0n) is 10.7. The van der Waals surface area contributed by atoms with Gasteiger partial charge in [-0.3, -0.25) is 4.79 Å². The van der Waals surface area contributed by atoms with Gasteiger partial charge in [0.25, 0.3) is 0 Å². The molecule has 2 nitrogen and oxygen atoms in total. The highest BCUT2D eigenvalue weighted by atomic mass is 79.9. The molecule has 100 valence electrons. The molecule has 3 aromatic rings. The highest BCUT2D eigenvalue weighted by Gasteiger charge is 2.15. The number of H-pyrrole nitrogens is 1. The van der Waals surface area contributed by atoms with Crippen molar-refractivity contribution in [2.24, 2.45) is 0 Å². The fraction of sp³-hybridized carbons (Fsp3) is 0.0625. The SMILES string of the molecule is Cc1ccc2[nH]cc(C(=O)c3ccc(Br)c(F)c3)c2c1. The van der Waals surface area contributed by atoms with Crippen molar-refractivity contribution in [3.8, 4) is 0 Å². The molecule has 0 unspecified atom stereocenters. The lowest BCUT2D eigenvalue weighted by molar-refractivity contribution is 0.104. The van der Waals surface area contributed by atoms with E-state index >= 15 is 0 Å². The van der Waals surface area contributed by atoms with Gasteiger partial charge >= 0.3 is 0 Å². The van der Waals surface area contributed by atoms with E-state index in [2.05, 4.69) is 20.9 Å². The minimum Gasteiger partial charge on any atom is -0.360 e. The summed E-state index contributed by atoms with van der Waals surface area (Å²) in [6, 6.07) is 10.3. The monoisotopic (exact) mass is 331 g/mol. The van der Waals surface area contributed by atoms with E-state index in [4.69, 9.17) is 0 Å². The van der Waals surface area contributed by atoms with Crippen LogP contribution >= 0.6 is 15.9 Å². The topological polar surface area (TPSA) is 32.9 Å². The van der Waals surface area contributed by atoms with Crippen LogP contribution in [-0.4, -0.2) is 10.8 Å². The molecule has 0 spiro atoms. The van der Waals surface area contributed by atoms with Gasteiger partial charge in [0.1, 0.15) is 5.82 Å². The van der Waals surface area contributed by atoms with Crippen LogP contribution < -0.4 is 0 Å². The van der Waals surface area contributed by atoms with E-state index in [0.717, 1.165) is 16.5 Å². The summed E-state index contributed by atoms with van der Waals surface area (Å²) in [4.78, 5) is 15.6. The number of rotatable bonds is 2. The maximum atomic E-state index is 13.6. The van der Waals surface area contributed by atoms with Crippen LogP contribution in [0, 0.1) is 12.7 Å². The van der Waals surface area contributed by atoms with E-state index in [-0.39, 0.29) is 5.78 Å². The quantitative estimate of drug-likeness (QED) is 0.683. The van der Waals surface area contributed by atoms with Gasteiger partial charge in [0.2, 0.25) is 0 Å². The summed E-state index contributed by atoms with van der Waals surface area (Å²) in [6.45, 7) is 1.97. The Balaban J connectivity index is 2.12. The standard InChI is InChI=1S/C16H11BrFNO/c1-9-2-5-15-11(6-9)12(8-19-15)16(20)10-3-4-13(17)14(18)7-10/h2-8,19H,1H3. The summed E-state index contributed by atoms with van der Waals surface area (Å²) in [5.41, 5.74) is 2.88. The second-order valence-electron chi connectivity index (χ2n) is 4.71. The maximum absolute atomic E-state index is 13.6. The number of hydrogen-bond donors (Lipinski definition) is 1. The van der Waals surface area contributed by atoms with E-state index in [1.165, 1.54) is 6.07 Å². The van der Waals surface area contributed by atoms with Gasteiger partial charge in [-0.15, -0.1) is 0 Å². The lowest BCUT2D eigenvalue weighted by Gasteiger charge is -2.02. The second kappa shape index (κ2) is 4.87. The molecule has 0 aliphatic carbocycles. The Labute approximate surface area is 123 Å². The molecule has 20 heavy (non-hydrogen) atoms. The molecule has 1 aromatic heterocycles. The van der Waals surface area contributed by atoms with Crippen molar-refractivity contribution < 1.29 is 9.18 Å². The van der Waals surface area contributed by atoms with Crippen molar-refractivity contribution in [3.63, 3.8) is 0 Å². The van der Waals surface area contributed by atoms with Crippen LogP contribution in [0.5, 0.6) is 0 Å². The first-order valence-corrected chi connectivity index (χ1v) is 6.93. The van der Waals surface area contributed by atoms with Crippen LogP contribution in [-0.2, 0) is 0 Å². The van der Waals surface area contributed by atoms with Gasteiger partial charge in [0.15, 0.2) is 5.78 Å². The number of aromatic amines is 1. The van der Waals surface area contributed by atoms with Crippen molar-refractivity contribution in [1.29, 1.82) is 0 Å². The van der Waals surface area contributed by atoms with E-state index < -0.39 is 5.82 Å². The largest absolute Gasteiger partial charge is 0.360 e. The number of benzene rings is 2. The van der Waals surface area contributed by atoms with E-state index in [1.807, 2.05) is 25.1 Å². The molecule has 2 aromatic carbocycles. The normalized spacial score (nSPS) is 10.9. The molecule has 0 amide bonds. The lowest BCUT2D eigenvalue weighted by atomic mass is 10.0. The Bertz CT molecular complexity index is 822. The molecule has 0 radical (unpaired) electrons. The van der Waals surface area contributed by atoms with Gasteiger partial charge in [0, 0.05) is 28.2 Å². The summed E-state index contributed by atoms with van der Waals surface area (Å²) in [6.07, 6.45) is 1.67. The van der Waals surface area contributed by atoms with Crippen molar-refractivity contribution in [2.45, 2.75) is 6.92 Å².